The largest absolute Gasteiger partial charge is 0.478 e. The molecule has 0 rings (SSSR count). The van der Waals surface area contributed by atoms with Crippen LogP contribution in [0.2, 0.25) is 0 Å². The van der Waals surface area contributed by atoms with Gasteiger partial charge in [-0.25, -0.2) is 4.79 Å². The predicted molar refractivity (Wildman–Crippen MR) is 44.4 cm³/mol. The molecule has 0 saturated carbocycles. The summed E-state index contributed by atoms with van der Waals surface area (Å²) in [4.78, 5) is 9.83. The molecule has 2 N–H and O–H groups in total. The summed E-state index contributed by atoms with van der Waals surface area (Å²) in [6.07, 6.45) is 1.40. The fourth-order valence-corrected chi connectivity index (χ4v) is 0.151. The first-order chi connectivity index (χ1) is 5.09. The number of aliphatic carboxylic acids is 1. The van der Waals surface area contributed by atoms with Gasteiger partial charge in [-0.1, -0.05) is 20.4 Å². The highest BCUT2D eigenvalue weighted by atomic mass is 16.4. The average Bonchev–Trinajstić information content (AvgIpc) is 2.03. The summed E-state index contributed by atoms with van der Waals surface area (Å²) in [6, 6.07) is 0. The van der Waals surface area contributed by atoms with Gasteiger partial charge in [-0.15, -0.1) is 0 Å². The van der Waals surface area contributed by atoms with Crippen LogP contribution in [0, 0.1) is 0 Å². The first-order valence-electron chi connectivity index (χ1n) is 3.62. The number of hydrogen-bond acceptors (Lipinski definition) is 2. The molecule has 0 aromatic heterocycles. The molecule has 0 fully saturated rings. The SMILES string of the molecule is C=C(CC)C(=O)O.CCCO. The summed E-state index contributed by atoms with van der Waals surface area (Å²) in [5.74, 6) is -0.900. The topological polar surface area (TPSA) is 57.5 Å². The fourth-order valence-electron chi connectivity index (χ4n) is 0.151. The monoisotopic (exact) mass is 160 g/mol. The van der Waals surface area contributed by atoms with Gasteiger partial charge in [0.2, 0.25) is 0 Å². The van der Waals surface area contributed by atoms with Crippen LogP contribution in [0.3, 0.4) is 0 Å². The van der Waals surface area contributed by atoms with E-state index in [4.69, 9.17) is 10.2 Å². The number of carboxylic acids is 1. The standard InChI is InChI=1S/C5H8O2.C3H8O/c1-3-4(2)5(6)7;1-2-3-4/h2-3H2,1H3,(H,6,7);4H,2-3H2,1H3. The van der Waals surface area contributed by atoms with E-state index in [2.05, 4.69) is 6.58 Å². The Hall–Kier alpha value is -0.830. The molecule has 11 heavy (non-hydrogen) atoms. The Bertz CT molecular complexity index is 117. The highest BCUT2D eigenvalue weighted by Gasteiger charge is 1.96. The van der Waals surface area contributed by atoms with E-state index in [1.807, 2.05) is 6.92 Å². The third kappa shape index (κ3) is 12.4. The molecule has 0 saturated heterocycles. The Kier molecular flexibility index (Phi) is 10.7. The molecule has 0 heterocycles. The van der Waals surface area contributed by atoms with Gasteiger partial charge < -0.3 is 10.2 Å². The van der Waals surface area contributed by atoms with Crippen LogP contribution in [0.5, 0.6) is 0 Å². The van der Waals surface area contributed by atoms with Crippen molar-refractivity contribution in [2.24, 2.45) is 0 Å². The second-order valence-electron chi connectivity index (χ2n) is 1.99. The minimum Gasteiger partial charge on any atom is -0.478 e. The van der Waals surface area contributed by atoms with E-state index in [-0.39, 0.29) is 5.57 Å². The van der Waals surface area contributed by atoms with Crippen LogP contribution in [0.25, 0.3) is 0 Å². The molecule has 0 aromatic carbocycles. The zero-order valence-corrected chi connectivity index (χ0v) is 7.13. The van der Waals surface area contributed by atoms with E-state index in [9.17, 15) is 4.79 Å². The molecule has 0 spiro atoms. The van der Waals surface area contributed by atoms with Gasteiger partial charge in [-0.3, -0.25) is 0 Å². The van der Waals surface area contributed by atoms with Crippen LogP contribution in [-0.4, -0.2) is 22.8 Å². The lowest BCUT2D eigenvalue weighted by atomic mass is 10.2. The zero-order chi connectivity index (χ0) is 9.28. The molecule has 0 aliphatic carbocycles. The Balaban J connectivity index is 0. The molecule has 3 nitrogen and oxygen atoms in total. The molecular weight excluding hydrogens is 144 g/mol. The Labute approximate surface area is 67.4 Å². The van der Waals surface area contributed by atoms with Crippen LogP contribution < -0.4 is 0 Å². The molecule has 0 atom stereocenters. The van der Waals surface area contributed by atoms with Crippen molar-refractivity contribution in [1.29, 1.82) is 0 Å². The zero-order valence-electron chi connectivity index (χ0n) is 7.13. The van der Waals surface area contributed by atoms with Crippen molar-refractivity contribution in [1.82, 2.24) is 0 Å². The first-order valence-corrected chi connectivity index (χ1v) is 3.62. The summed E-state index contributed by atoms with van der Waals surface area (Å²) in [5, 5.41) is 16.0. The second-order valence-corrected chi connectivity index (χ2v) is 1.99. The number of aliphatic hydroxyl groups excluding tert-OH is 1. The van der Waals surface area contributed by atoms with Gasteiger partial charge in [0, 0.05) is 12.2 Å². The normalized spacial score (nSPS) is 7.91. The molecule has 0 bridgehead atoms. The smallest absolute Gasteiger partial charge is 0.330 e. The minimum absolute atomic E-state index is 0.264. The highest BCUT2D eigenvalue weighted by Crippen LogP contribution is 1.93. The summed E-state index contributed by atoms with van der Waals surface area (Å²) >= 11 is 0. The van der Waals surface area contributed by atoms with E-state index in [1.165, 1.54) is 0 Å². The first kappa shape index (κ1) is 12.8. The molecule has 0 aliphatic heterocycles. The lowest BCUT2D eigenvalue weighted by Crippen LogP contribution is -1.95. The number of hydrogen-bond donors (Lipinski definition) is 2. The Morgan fingerprint density at radius 3 is 1.82 bits per heavy atom. The van der Waals surface area contributed by atoms with E-state index in [0.717, 1.165) is 6.42 Å². The average molecular weight is 160 g/mol. The van der Waals surface area contributed by atoms with Crippen molar-refractivity contribution in [3.05, 3.63) is 12.2 Å². The maximum absolute atomic E-state index is 9.83. The Morgan fingerprint density at radius 1 is 1.45 bits per heavy atom. The minimum atomic E-state index is -0.900. The molecule has 0 aliphatic rings. The molecular formula is C8H16O3. The number of carbonyl (C=O) groups is 1. The van der Waals surface area contributed by atoms with Crippen LogP contribution in [0.4, 0.5) is 0 Å². The van der Waals surface area contributed by atoms with Gasteiger partial charge in [0.1, 0.15) is 0 Å². The van der Waals surface area contributed by atoms with Crippen molar-refractivity contribution >= 4 is 5.97 Å². The molecule has 0 amide bonds. The predicted octanol–water partition coefficient (Wildman–Crippen LogP) is 1.43. The van der Waals surface area contributed by atoms with Gasteiger partial charge in [0.15, 0.2) is 0 Å². The van der Waals surface area contributed by atoms with E-state index in [1.54, 1.807) is 6.92 Å². The quantitative estimate of drug-likeness (QED) is 0.614. The van der Waals surface area contributed by atoms with Gasteiger partial charge >= 0.3 is 5.97 Å². The fraction of sp³-hybridized carbons (Fsp3) is 0.625. The van der Waals surface area contributed by atoms with Gasteiger partial charge in [0.25, 0.3) is 0 Å². The van der Waals surface area contributed by atoms with Crippen LogP contribution in [0.15, 0.2) is 12.2 Å². The lowest BCUT2D eigenvalue weighted by molar-refractivity contribution is -0.132. The van der Waals surface area contributed by atoms with Crippen molar-refractivity contribution in [3.8, 4) is 0 Å². The lowest BCUT2D eigenvalue weighted by Gasteiger charge is -1.87. The third-order valence-corrected chi connectivity index (χ3v) is 0.953. The maximum atomic E-state index is 9.83. The van der Waals surface area contributed by atoms with Crippen LogP contribution in [-0.2, 0) is 4.79 Å². The van der Waals surface area contributed by atoms with Crippen molar-refractivity contribution < 1.29 is 15.0 Å². The van der Waals surface area contributed by atoms with E-state index in [0.29, 0.717) is 13.0 Å². The Morgan fingerprint density at radius 2 is 1.82 bits per heavy atom. The number of aliphatic hydroxyl groups is 1. The molecule has 0 aromatic rings. The summed E-state index contributed by atoms with van der Waals surface area (Å²) in [5.41, 5.74) is 0.264. The molecule has 3 heteroatoms. The highest BCUT2D eigenvalue weighted by molar-refractivity contribution is 5.85. The molecule has 0 unspecified atom stereocenters. The third-order valence-electron chi connectivity index (χ3n) is 0.953. The van der Waals surface area contributed by atoms with Gasteiger partial charge in [-0.05, 0) is 12.8 Å². The van der Waals surface area contributed by atoms with E-state index < -0.39 is 5.97 Å². The van der Waals surface area contributed by atoms with Crippen molar-refractivity contribution in [3.63, 3.8) is 0 Å². The van der Waals surface area contributed by atoms with Crippen LogP contribution in [0.1, 0.15) is 26.7 Å². The second kappa shape index (κ2) is 9.17. The van der Waals surface area contributed by atoms with Crippen molar-refractivity contribution in [2.45, 2.75) is 26.7 Å². The van der Waals surface area contributed by atoms with Gasteiger partial charge in [0.05, 0.1) is 0 Å². The van der Waals surface area contributed by atoms with Crippen molar-refractivity contribution in [2.75, 3.05) is 6.61 Å². The summed E-state index contributed by atoms with van der Waals surface area (Å²) < 4.78 is 0. The maximum Gasteiger partial charge on any atom is 0.330 e. The van der Waals surface area contributed by atoms with E-state index >= 15 is 0 Å². The molecule has 66 valence electrons. The molecule has 0 radical (unpaired) electrons. The van der Waals surface area contributed by atoms with Crippen LogP contribution >= 0.6 is 0 Å². The summed E-state index contributed by atoms with van der Waals surface area (Å²) in [6.45, 7) is 7.28. The number of carboxylic acid groups (broad SMARTS) is 1. The summed E-state index contributed by atoms with van der Waals surface area (Å²) in [7, 11) is 0. The number of rotatable bonds is 3. The van der Waals surface area contributed by atoms with Gasteiger partial charge in [-0.2, -0.15) is 0 Å².